The molecule has 2 N–H and O–H groups in total. The number of pyridine rings is 1. The number of piperazine rings is 1. The number of hydrogen-bond donors (Lipinski definition) is 1. The maximum absolute atomic E-state index is 12.1. The van der Waals surface area contributed by atoms with E-state index in [0.29, 0.717) is 6.42 Å². The van der Waals surface area contributed by atoms with E-state index in [2.05, 4.69) is 9.88 Å². The predicted octanol–water partition coefficient (Wildman–Crippen LogP) is 1.25. The quantitative estimate of drug-likeness (QED) is 0.899. The van der Waals surface area contributed by atoms with E-state index in [1.807, 2.05) is 36.9 Å². The van der Waals surface area contributed by atoms with Crippen LogP contribution in [0.5, 0.6) is 0 Å². The molecule has 0 aliphatic carbocycles. The second-order valence-corrected chi connectivity index (χ2v) is 6.04. The van der Waals surface area contributed by atoms with Gasteiger partial charge in [0.1, 0.15) is 5.82 Å². The molecular weight excluding hydrogens is 252 g/mol. The van der Waals surface area contributed by atoms with Gasteiger partial charge in [0.25, 0.3) is 0 Å². The first kappa shape index (κ1) is 14.8. The van der Waals surface area contributed by atoms with Crippen LogP contribution >= 0.6 is 0 Å². The summed E-state index contributed by atoms with van der Waals surface area (Å²) in [5, 5.41) is 0. The number of amides is 1. The fourth-order valence-corrected chi connectivity index (χ4v) is 2.31. The van der Waals surface area contributed by atoms with Crippen LogP contribution in [0.3, 0.4) is 0 Å². The third kappa shape index (κ3) is 4.20. The molecule has 110 valence electrons. The van der Waals surface area contributed by atoms with Crippen LogP contribution < -0.4 is 10.6 Å². The molecular formula is C15H24N4O. The van der Waals surface area contributed by atoms with Crippen LogP contribution in [-0.4, -0.2) is 47.5 Å². The van der Waals surface area contributed by atoms with E-state index in [1.54, 1.807) is 6.20 Å². The normalized spacial score (nSPS) is 16.4. The lowest BCUT2D eigenvalue weighted by molar-refractivity contribution is -0.131. The molecule has 0 radical (unpaired) electrons. The first-order valence-corrected chi connectivity index (χ1v) is 7.18. The van der Waals surface area contributed by atoms with Gasteiger partial charge in [-0.3, -0.25) is 4.79 Å². The van der Waals surface area contributed by atoms with E-state index >= 15 is 0 Å². The van der Waals surface area contributed by atoms with Crippen molar-refractivity contribution in [3.05, 3.63) is 24.4 Å². The molecule has 0 atom stereocenters. The fourth-order valence-electron chi connectivity index (χ4n) is 2.31. The molecule has 1 aliphatic rings. The molecule has 1 aromatic rings. The molecule has 5 nitrogen and oxygen atoms in total. The van der Waals surface area contributed by atoms with Crippen LogP contribution in [0.25, 0.3) is 0 Å². The third-order valence-corrected chi connectivity index (χ3v) is 3.59. The Hall–Kier alpha value is -1.62. The zero-order valence-corrected chi connectivity index (χ0v) is 12.4. The largest absolute Gasteiger partial charge is 0.353 e. The number of carbonyl (C=O) groups excluding carboxylic acids is 1. The van der Waals surface area contributed by atoms with Crippen LogP contribution in [0.2, 0.25) is 0 Å². The number of rotatable bonds is 4. The monoisotopic (exact) mass is 276 g/mol. The smallest absolute Gasteiger partial charge is 0.222 e. The summed E-state index contributed by atoms with van der Waals surface area (Å²) in [6.07, 6.45) is 3.07. The first-order chi connectivity index (χ1) is 9.46. The minimum absolute atomic E-state index is 0.212. The Morgan fingerprint density at radius 2 is 2.00 bits per heavy atom. The number of nitrogens with zero attached hydrogens (tertiary/aromatic N) is 3. The number of hydrogen-bond acceptors (Lipinski definition) is 4. The van der Waals surface area contributed by atoms with Gasteiger partial charge in [-0.2, -0.15) is 0 Å². The number of nitrogens with two attached hydrogens (primary N) is 1. The lowest BCUT2D eigenvalue weighted by atomic mass is 9.99. The average molecular weight is 276 g/mol. The van der Waals surface area contributed by atoms with Gasteiger partial charge in [0.2, 0.25) is 5.91 Å². The fraction of sp³-hybridized carbons (Fsp3) is 0.600. The van der Waals surface area contributed by atoms with Crippen molar-refractivity contribution < 1.29 is 4.79 Å². The molecule has 1 fully saturated rings. The SMILES string of the molecule is CC(C)(N)CCC(=O)N1CCN(c2ccccn2)CC1. The molecule has 20 heavy (non-hydrogen) atoms. The van der Waals surface area contributed by atoms with Crippen molar-refractivity contribution in [2.24, 2.45) is 5.73 Å². The van der Waals surface area contributed by atoms with Crippen molar-refractivity contribution in [2.45, 2.75) is 32.2 Å². The van der Waals surface area contributed by atoms with E-state index in [4.69, 9.17) is 5.73 Å². The summed E-state index contributed by atoms with van der Waals surface area (Å²) >= 11 is 0. The second-order valence-electron chi connectivity index (χ2n) is 6.04. The van der Waals surface area contributed by atoms with E-state index < -0.39 is 0 Å². The molecule has 0 unspecified atom stereocenters. The molecule has 0 bridgehead atoms. The summed E-state index contributed by atoms with van der Waals surface area (Å²) < 4.78 is 0. The maximum Gasteiger partial charge on any atom is 0.222 e. The van der Waals surface area contributed by atoms with Crippen molar-refractivity contribution in [1.29, 1.82) is 0 Å². The van der Waals surface area contributed by atoms with Crippen molar-refractivity contribution in [1.82, 2.24) is 9.88 Å². The Kier molecular flexibility index (Phi) is 4.60. The van der Waals surface area contributed by atoms with E-state index in [-0.39, 0.29) is 11.4 Å². The van der Waals surface area contributed by atoms with E-state index in [0.717, 1.165) is 38.4 Å². The Bertz CT molecular complexity index is 433. The van der Waals surface area contributed by atoms with Crippen molar-refractivity contribution in [2.75, 3.05) is 31.1 Å². The van der Waals surface area contributed by atoms with Crippen molar-refractivity contribution >= 4 is 11.7 Å². The van der Waals surface area contributed by atoms with Gasteiger partial charge in [-0.25, -0.2) is 4.98 Å². The molecule has 1 amide bonds. The summed E-state index contributed by atoms with van der Waals surface area (Å²) in [6, 6.07) is 5.91. The lowest BCUT2D eigenvalue weighted by Crippen LogP contribution is -2.49. The minimum Gasteiger partial charge on any atom is -0.353 e. The Morgan fingerprint density at radius 3 is 2.55 bits per heavy atom. The zero-order valence-electron chi connectivity index (χ0n) is 12.4. The highest BCUT2D eigenvalue weighted by molar-refractivity contribution is 5.76. The Morgan fingerprint density at radius 1 is 1.30 bits per heavy atom. The third-order valence-electron chi connectivity index (χ3n) is 3.59. The maximum atomic E-state index is 12.1. The molecule has 1 aliphatic heterocycles. The van der Waals surface area contributed by atoms with Gasteiger partial charge in [-0.15, -0.1) is 0 Å². The predicted molar refractivity (Wildman–Crippen MR) is 80.5 cm³/mol. The molecule has 0 aromatic carbocycles. The highest BCUT2D eigenvalue weighted by Gasteiger charge is 2.23. The lowest BCUT2D eigenvalue weighted by Gasteiger charge is -2.35. The van der Waals surface area contributed by atoms with Crippen molar-refractivity contribution in [3.63, 3.8) is 0 Å². The summed E-state index contributed by atoms with van der Waals surface area (Å²) in [5.41, 5.74) is 5.65. The summed E-state index contributed by atoms with van der Waals surface area (Å²) in [5.74, 6) is 1.20. The molecule has 1 aromatic heterocycles. The summed E-state index contributed by atoms with van der Waals surface area (Å²) in [6.45, 7) is 7.13. The van der Waals surface area contributed by atoms with Crippen LogP contribution in [0.4, 0.5) is 5.82 Å². The highest BCUT2D eigenvalue weighted by atomic mass is 16.2. The van der Waals surface area contributed by atoms with E-state index in [9.17, 15) is 4.79 Å². The van der Waals surface area contributed by atoms with Crippen LogP contribution in [0.15, 0.2) is 24.4 Å². The van der Waals surface area contributed by atoms with Crippen LogP contribution in [0.1, 0.15) is 26.7 Å². The molecule has 1 saturated heterocycles. The Labute approximate surface area is 120 Å². The van der Waals surface area contributed by atoms with Gasteiger partial charge in [-0.1, -0.05) is 6.07 Å². The topological polar surface area (TPSA) is 62.5 Å². The van der Waals surface area contributed by atoms with Gasteiger partial charge < -0.3 is 15.5 Å². The number of aromatic nitrogens is 1. The number of carbonyl (C=O) groups is 1. The molecule has 5 heteroatoms. The molecule has 2 heterocycles. The van der Waals surface area contributed by atoms with Crippen LogP contribution in [0, 0.1) is 0 Å². The zero-order chi connectivity index (χ0) is 14.6. The van der Waals surface area contributed by atoms with E-state index in [1.165, 1.54) is 0 Å². The van der Waals surface area contributed by atoms with Crippen LogP contribution in [-0.2, 0) is 4.79 Å². The first-order valence-electron chi connectivity index (χ1n) is 7.18. The van der Waals surface area contributed by atoms with Crippen molar-refractivity contribution in [3.8, 4) is 0 Å². The summed E-state index contributed by atoms with van der Waals surface area (Å²) in [7, 11) is 0. The molecule has 0 saturated carbocycles. The molecule has 0 spiro atoms. The Balaban J connectivity index is 1.81. The van der Waals surface area contributed by atoms with Gasteiger partial charge in [0.05, 0.1) is 0 Å². The number of anilines is 1. The highest BCUT2D eigenvalue weighted by Crippen LogP contribution is 2.14. The summed E-state index contributed by atoms with van der Waals surface area (Å²) in [4.78, 5) is 20.6. The average Bonchev–Trinajstić information content (AvgIpc) is 2.45. The second kappa shape index (κ2) is 6.22. The van der Waals surface area contributed by atoms with Gasteiger partial charge in [-0.05, 0) is 32.4 Å². The van der Waals surface area contributed by atoms with Gasteiger partial charge >= 0.3 is 0 Å². The standard InChI is InChI=1S/C15H24N4O/c1-15(2,16)7-6-14(20)19-11-9-18(10-12-19)13-5-3-4-8-17-13/h3-5,8H,6-7,9-12,16H2,1-2H3. The molecule has 2 rings (SSSR count). The van der Waals surface area contributed by atoms with Gasteiger partial charge in [0.15, 0.2) is 0 Å². The van der Waals surface area contributed by atoms with Gasteiger partial charge in [0, 0.05) is 44.3 Å². The minimum atomic E-state index is -0.272.